The Kier molecular flexibility index (Phi) is 5.65. The number of aromatic amines is 2. The van der Waals surface area contributed by atoms with E-state index in [9.17, 15) is 0 Å². The molecule has 0 saturated carbocycles. The zero-order valence-electron chi connectivity index (χ0n) is 20.7. The van der Waals surface area contributed by atoms with Crippen molar-refractivity contribution in [2.75, 3.05) is 43.4 Å². The van der Waals surface area contributed by atoms with Crippen LogP contribution >= 0.6 is 0 Å². The summed E-state index contributed by atoms with van der Waals surface area (Å²) < 4.78 is 0. The SMILES string of the molecule is C=C(CC)Nc1cncc(-c2cc3c(-c4cc5c(N6CCN(C)CC6)cccc5[nH]4)n[nH]c3cn2)c1. The monoisotopic (exact) mass is 478 g/mol. The molecule has 0 spiro atoms. The van der Waals surface area contributed by atoms with Crippen molar-refractivity contribution in [3.05, 3.63) is 67.3 Å². The number of fused-ring (bicyclic) bond motifs is 2. The minimum absolute atomic E-state index is 0.845. The number of nitrogens with one attached hydrogen (secondary N) is 3. The predicted molar refractivity (Wildman–Crippen MR) is 147 cm³/mol. The molecule has 4 aromatic heterocycles. The van der Waals surface area contributed by atoms with E-state index < -0.39 is 0 Å². The maximum atomic E-state index is 4.67. The third kappa shape index (κ3) is 4.09. The van der Waals surface area contributed by atoms with E-state index in [1.54, 1.807) is 6.20 Å². The maximum Gasteiger partial charge on any atom is 0.116 e. The summed E-state index contributed by atoms with van der Waals surface area (Å²) >= 11 is 0. The first-order valence-corrected chi connectivity index (χ1v) is 12.4. The molecule has 1 fully saturated rings. The number of aromatic nitrogens is 5. The molecule has 5 heterocycles. The highest BCUT2D eigenvalue weighted by molar-refractivity contribution is 6.00. The van der Waals surface area contributed by atoms with Gasteiger partial charge in [-0.25, -0.2) is 0 Å². The van der Waals surface area contributed by atoms with Crippen LogP contribution in [0.25, 0.3) is 44.5 Å². The van der Waals surface area contributed by atoms with Crippen LogP contribution in [0, 0.1) is 0 Å². The van der Waals surface area contributed by atoms with Gasteiger partial charge in [0.05, 0.1) is 35.0 Å². The minimum Gasteiger partial charge on any atom is -0.368 e. The van der Waals surface area contributed by atoms with Crippen molar-refractivity contribution in [3.63, 3.8) is 0 Å². The summed E-state index contributed by atoms with van der Waals surface area (Å²) in [7, 11) is 2.18. The molecule has 0 bridgehead atoms. The first-order chi connectivity index (χ1) is 17.6. The lowest BCUT2D eigenvalue weighted by Crippen LogP contribution is -2.44. The molecule has 8 nitrogen and oxygen atoms in total. The molecule has 1 saturated heterocycles. The molecule has 0 aliphatic carbocycles. The van der Waals surface area contributed by atoms with Gasteiger partial charge in [-0.2, -0.15) is 5.10 Å². The zero-order valence-corrected chi connectivity index (χ0v) is 20.7. The number of rotatable bonds is 6. The molecule has 0 radical (unpaired) electrons. The molecule has 5 aromatic rings. The molecule has 3 N–H and O–H groups in total. The topological polar surface area (TPSA) is 88.8 Å². The van der Waals surface area contributed by atoms with Gasteiger partial charge < -0.3 is 20.1 Å². The van der Waals surface area contributed by atoms with E-state index in [1.165, 1.54) is 11.1 Å². The van der Waals surface area contributed by atoms with Gasteiger partial charge in [0.1, 0.15) is 5.69 Å². The van der Waals surface area contributed by atoms with Crippen LogP contribution in [0.4, 0.5) is 11.4 Å². The van der Waals surface area contributed by atoms with Gasteiger partial charge in [0.25, 0.3) is 0 Å². The van der Waals surface area contributed by atoms with Gasteiger partial charge in [0, 0.05) is 65.6 Å². The van der Waals surface area contributed by atoms with Crippen molar-refractivity contribution in [2.45, 2.75) is 13.3 Å². The van der Waals surface area contributed by atoms with Crippen molar-refractivity contribution in [3.8, 4) is 22.6 Å². The Labute approximate surface area is 210 Å². The number of piperazine rings is 1. The van der Waals surface area contributed by atoms with Crippen molar-refractivity contribution in [1.29, 1.82) is 0 Å². The molecule has 8 heteroatoms. The standard InChI is InChI=1S/C28H30N8/c1-4-18(2)31-20-12-19(15-29-16-20)24-14-22-26(17-30-24)33-34-28(22)25-13-21-23(32-25)6-5-7-27(21)36-10-8-35(3)9-11-36/h5-7,12-17,31-32H,2,4,8-11H2,1,3H3,(H,33,34). The average Bonchev–Trinajstić information content (AvgIpc) is 3.53. The second kappa shape index (κ2) is 9.13. The molecule has 36 heavy (non-hydrogen) atoms. The molecule has 182 valence electrons. The van der Waals surface area contributed by atoms with Crippen LogP contribution in [-0.4, -0.2) is 63.3 Å². The number of nitrogens with zero attached hydrogens (tertiary/aromatic N) is 5. The summed E-state index contributed by atoms with van der Waals surface area (Å²) in [6, 6.07) is 12.8. The maximum absolute atomic E-state index is 4.67. The number of likely N-dealkylation sites (N-methyl/N-ethyl adjacent to an activating group) is 1. The number of anilines is 2. The van der Waals surface area contributed by atoms with Crippen LogP contribution in [0.5, 0.6) is 0 Å². The van der Waals surface area contributed by atoms with E-state index >= 15 is 0 Å². The highest BCUT2D eigenvalue weighted by atomic mass is 15.2. The highest BCUT2D eigenvalue weighted by Gasteiger charge is 2.19. The summed E-state index contributed by atoms with van der Waals surface area (Å²) in [6.07, 6.45) is 6.33. The first-order valence-electron chi connectivity index (χ1n) is 12.4. The lowest BCUT2D eigenvalue weighted by Gasteiger charge is -2.34. The molecule has 0 unspecified atom stereocenters. The fourth-order valence-electron chi connectivity index (χ4n) is 4.81. The summed E-state index contributed by atoms with van der Waals surface area (Å²) in [6.45, 7) is 10.3. The Balaban J connectivity index is 1.38. The van der Waals surface area contributed by atoms with Gasteiger partial charge in [-0.1, -0.05) is 19.6 Å². The molecular formula is C28H30N8. The second-order valence-corrected chi connectivity index (χ2v) is 9.44. The fourth-order valence-corrected chi connectivity index (χ4v) is 4.81. The van der Waals surface area contributed by atoms with Crippen molar-refractivity contribution in [1.82, 2.24) is 30.0 Å². The Hall–Kier alpha value is -4.17. The summed E-state index contributed by atoms with van der Waals surface area (Å²) in [4.78, 5) is 17.5. The van der Waals surface area contributed by atoms with Gasteiger partial charge in [-0.15, -0.1) is 0 Å². The van der Waals surface area contributed by atoms with Crippen molar-refractivity contribution < 1.29 is 0 Å². The van der Waals surface area contributed by atoms with Crippen LogP contribution in [0.3, 0.4) is 0 Å². The fraction of sp³-hybridized carbons (Fsp3) is 0.250. The van der Waals surface area contributed by atoms with E-state index in [-0.39, 0.29) is 0 Å². The predicted octanol–water partition coefficient (Wildman–Crippen LogP) is 5.26. The molecule has 0 atom stereocenters. The number of H-pyrrole nitrogens is 2. The summed E-state index contributed by atoms with van der Waals surface area (Å²) in [5.41, 5.74) is 8.79. The van der Waals surface area contributed by atoms with Crippen LogP contribution < -0.4 is 10.2 Å². The van der Waals surface area contributed by atoms with Crippen LogP contribution in [0.2, 0.25) is 0 Å². The quantitative estimate of drug-likeness (QED) is 0.309. The number of benzene rings is 1. The average molecular weight is 479 g/mol. The summed E-state index contributed by atoms with van der Waals surface area (Å²) in [5, 5.41) is 13.4. The molecular weight excluding hydrogens is 448 g/mol. The number of allylic oxidation sites excluding steroid dienone is 1. The molecule has 6 rings (SSSR count). The molecule has 1 aromatic carbocycles. The van der Waals surface area contributed by atoms with Crippen LogP contribution in [0.1, 0.15) is 13.3 Å². The third-order valence-corrected chi connectivity index (χ3v) is 6.97. The highest BCUT2D eigenvalue weighted by Crippen LogP contribution is 2.34. The van der Waals surface area contributed by atoms with E-state index in [4.69, 9.17) is 0 Å². The van der Waals surface area contributed by atoms with E-state index in [0.29, 0.717) is 0 Å². The van der Waals surface area contributed by atoms with Gasteiger partial charge in [-0.05, 0) is 43.8 Å². The molecule has 0 amide bonds. The molecule has 1 aliphatic rings. The van der Waals surface area contributed by atoms with E-state index in [2.05, 4.69) is 91.1 Å². The number of hydrogen-bond donors (Lipinski definition) is 3. The van der Waals surface area contributed by atoms with Crippen molar-refractivity contribution in [2.24, 2.45) is 0 Å². The van der Waals surface area contributed by atoms with Gasteiger partial charge in [0.15, 0.2) is 0 Å². The summed E-state index contributed by atoms with van der Waals surface area (Å²) in [5.74, 6) is 0. The largest absolute Gasteiger partial charge is 0.368 e. The Morgan fingerprint density at radius 1 is 1.03 bits per heavy atom. The van der Waals surface area contributed by atoms with Crippen LogP contribution in [0.15, 0.2) is 67.3 Å². The number of hydrogen-bond acceptors (Lipinski definition) is 6. The molecule has 1 aliphatic heterocycles. The van der Waals surface area contributed by atoms with Gasteiger partial charge in [-0.3, -0.25) is 15.1 Å². The van der Waals surface area contributed by atoms with E-state index in [1.807, 2.05) is 18.5 Å². The lowest BCUT2D eigenvalue weighted by atomic mass is 10.1. The second-order valence-electron chi connectivity index (χ2n) is 9.44. The Bertz CT molecular complexity index is 1550. The van der Waals surface area contributed by atoms with Crippen LogP contribution in [-0.2, 0) is 0 Å². The smallest absolute Gasteiger partial charge is 0.116 e. The zero-order chi connectivity index (χ0) is 24.6. The Morgan fingerprint density at radius 2 is 1.89 bits per heavy atom. The Morgan fingerprint density at radius 3 is 2.72 bits per heavy atom. The minimum atomic E-state index is 0.845. The third-order valence-electron chi connectivity index (χ3n) is 6.97. The normalized spacial score (nSPS) is 14.6. The van der Waals surface area contributed by atoms with Gasteiger partial charge >= 0.3 is 0 Å². The number of pyridine rings is 2. The first kappa shape index (κ1) is 22.3. The van der Waals surface area contributed by atoms with Crippen molar-refractivity contribution >= 4 is 33.2 Å². The van der Waals surface area contributed by atoms with Gasteiger partial charge in [0.2, 0.25) is 0 Å². The van der Waals surface area contributed by atoms with E-state index in [0.717, 1.165) is 83.0 Å². The lowest BCUT2D eigenvalue weighted by molar-refractivity contribution is 0.313.